The number of carbonyl (C=O) groups is 1. The second-order valence-electron chi connectivity index (χ2n) is 9.46. The van der Waals surface area contributed by atoms with Crippen LogP contribution < -0.4 is 16.3 Å². The number of aromatic nitrogens is 3. The van der Waals surface area contributed by atoms with Crippen molar-refractivity contribution in [1.29, 1.82) is 0 Å². The van der Waals surface area contributed by atoms with E-state index in [9.17, 15) is 4.79 Å². The van der Waals surface area contributed by atoms with E-state index >= 15 is 0 Å². The van der Waals surface area contributed by atoms with E-state index in [1.54, 1.807) is 13.2 Å². The molecule has 5 N–H and O–H groups in total. The molecule has 1 aliphatic carbocycles. The van der Waals surface area contributed by atoms with Crippen molar-refractivity contribution in [3.63, 3.8) is 0 Å². The highest BCUT2D eigenvalue weighted by Crippen LogP contribution is 2.35. The Hall–Kier alpha value is -3.24. The maximum atomic E-state index is 11.1. The number of nitrogens with two attached hydrogens (primary N) is 2. The van der Waals surface area contributed by atoms with Crippen LogP contribution in [-0.2, 0) is 9.53 Å². The maximum absolute atomic E-state index is 11.1. The molecule has 2 aromatic rings. The Morgan fingerprint density at radius 3 is 2.69 bits per heavy atom. The predicted octanol–water partition coefficient (Wildman–Crippen LogP) is 2.55. The van der Waals surface area contributed by atoms with Crippen LogP contribution in [0.25, 0.3) is 5.70 Å². The summed E-state index contributed by atoms with van der Waals surface area (Å²) in [6.07, 6.45) is 6.10. The first kappa shape index (κ1) is 24.9. The van der Waals surface area contributed by atoms with E-state index in [2.05, 4.69) is 9.97 Å². The van der Waals surface area contributed by atoms with Crippen LogP contribution in [-0.4, -0.2) is 57.9 Å². The molecule has 10 heteroatoms. The number of hydrazine groups is 1. The third-order valence-corrected chi connectivity index (χ3v) is 6.85. The van der Waals surface area contributed by atoms with Gasteiger partial charge in [0.25, 0.3) is 0 Å². The smallest absolute Gasteiger partial charge is 0.316 e. The average Bonchev–Trinajstić information content (AvgIpc) is 2.77. The molecular formula is C25H34N6O4. The molecule has 188 valence electrons. The number of hydrogen-bond acceptors (Lipinski definition) is 9. The molecule has 0 spiro atoms. The van der Waals surface area contributed by atoms with Crippen molar-refractivity contribution in [2.24, 2.45) is 17.5 Å². The highest BCUT2D eigenvalue weighted by Gasteiger charge is 2.27. The van der Waals surface area contributed by atoms with Crippen LogP contribution in [0.15, 0.2) is 30.1 Å². The SMILES string of the molecule is Cc1nc(/C(N)=C(\COc2nccc(C3CCC3)n2)N(C)N)ccc1C1COCC(CC(=O)O)C1. The number of nitrogens with zero attached hydrogens (tertiary/aromatic N) is 4. The van der Waals surface area contributed by atoms with Gasteiger partial charge in [0.05, 0.1) is 35.8 Å². The number of aryl methyl sites for hydroxylation is 1. The zero-order chi connectivity index (χ0) is 24.9. The topological polar surface area (TPSA) is 150 Å². The summed E-state index contributed by atoms with van der Waals surface area (Å²) in [6, 6.07) is 6.08. The number of likely N-dealkylation sites (N-methyl/N-ethyl adjacent to an activating group) is 1. The van der Waals surface area contributed by atoms with Gasteiger partial charge in [-0.25, -0.2) is 10.8 Å². The van der Waals surface area contributed by atoms with Crippen LogP contribution >= 0.6 is 0 Å². The van der Waals surface area contributed by atoms with E-state index < -0.39 is 5.97 Å². The Balaban J connectivity index is 1.48. The predicted molar refractivity (Wildman–Crippen MR) is 130 cm³/mol. The number of carboxylic acid groups (broad SMARTS) is 1. The van der Waals surface area contributed by atoms with Gasteiger partial charge in [-0.15, -0.1) is 0 Å². The van der Waals surface area contributed by atoms with Crippen molar-refractivity contribution in [3.05, 3.63) is 52.7 Å². The summed E-state index contributed by atoms with van der Waals surface area (Å²) in [6.45, 7) is 3.05. The summed E-state index contributed by atoms with van der Waals surface area (Å²) in [5, 5.41) is 10.5. The molecule has 2 atom stereocenters. The lowest BCUT2D eigenvalue weighted by Crippen LogP contribution is -2.31. The van der Waals surface area contributed by atoms with Gasteiger partial charge in [0.1, 0.15) is 6.61 Å². The molecule has 0 radical (unpaired) electrons. The van der Waals surface area contributed by atoms with Crippen molar-refractivity contribution >= 4 is 11.7 Å². The molecule has 0 amide bonds. The van der Waals surface area contributed by atoms with E-state index in [0.29, 0.717) is 42.2 Å². The molecular weight excluding hydrogens is 448 g/mol. The van der Waals surface area contributed by atoms with Gasteiger partial charge in [0.15, 0.2) is 0 Å². The standard InChI is InChI=1S/C25H34N6O4/c1-15-19(18-10-16(11-23(32)33)12-34-13-18)6-7-21(29-15)24(26)22(31(2)27)14-35-25-28-9-8-20(30-25)17-4-3-5-17/h6-9,16-18H,3-5,10-14,26-27H2,1-2H3,(H,32,33)/b24-22-. The van der Waals surface area contributed by atoms with Gasteiger partial charge in [-0.1, -0.05) is 12.5 Å². The summed E-state index contributed by atoms with van der Waals surface area (Å²) < 4.78 is 11.5. The van der Waals surface area contributed by atoms with Crippen molar-refractivity contribution < 1.29 is 19.4 Å². The fourth-order valence-corrected chi connectivity index (χ4v) is 4.68. The molecule has 1 saturated carbocycles. The molecule has 2 aliphatic rings. The summed E-state index contributed by atoms with van der Waals surface area (Å²) in [5.74, 6) is 5.84. The monoisotopic (exact) mass is 482 g/mol. The lowest BCUT2D eigenvalue weighted by molar-refractivity contribution is -0.139. The Bertz CT molecular complexity index is 1090. The minimum atomic E-state index is -0.803. The van der Waals surface area contributed by atoms with Crippen LogP contribution in [0.5, 0.6) is 6.01 Å². The average molecular weight is 483 g/mol. The lowest BCUT2D eigenvalue weighted by atomic mass is 9.83. The normalized spacial score (nSPS) is 21.1. The summed E-state index contributed by atoms with van der Waals surface area (Å²) in [7, 11) is 1.69. The largest absolute Gasteiger partial charge is 0.481 e. The number of ether oxygens (including phenoxy) is 2. The quantitative estimate of drug-likeness (QED) is 0.359. The molecule has 3 heterocycles. The fourth-order valence-electron chi connectivity index (χ4n) is 4.68. The second kappa shape index (κ2) is 11.0. The third kappa shape index (κ3) is 6.07. The zero-order valence-corrected chi connectivity index (χ0v) is 20.3. The van der Waals surface area contributed by atoms with Gasteiger partial charge in [-0.2, -0.15) is 4.98 Å². The van der Waals surface area contributed by atoms with Crippen molar-refractivity contribution in [2.45, 2.75) is 50.9 Å². The molecule has 0 aromatic carbocycles. The molecule has 1 saturated heterocycles. The van der Waals surface area contributed by atoms with Crippen molar-refractivity contribution in [2.75, 3.05) is 26.9 Å². The first-order chi connectivity index (χ1) is 16.8. The molecule has 35 heavy (non-hydrogen) atoms. The highest BCUT2D eigenvalue weighted by molar-refractivity contribution is 5.67. The Labute approximate surface area is 205 Å². The second-order valence-corrected chi connectivity index (χ2v) is 9.46. The zero-order valence-electron chi connectivity index (χ0n) is 20.3. The fraction of sp³-hybridized carbons (Fsp3) is 0.520. The van der Waals surface area contributed by atoms with Crippen molar-refractivity contribution in [3.8, 4) is 6.01 Å². The van der Waals surface area contributed by atoms with Crippen LogP contribution in [0.3, 0.4) is 0 Å². The number of pyridine rings is 1. The van der Waals surface area contributed by atoms with E-state index in [1.807, 2.05) is 25.1 Å². The van der Waals surface area contributed by atoms with Crippen LogP contribution in [0.1, 0.15) is 66.6 Å². The lowest BCUT2D eigenvalue weighted by Gasteiger charge is -2.29. The first-order valence-corrected chi connectivity index (χ1v) is 12.0. The summed E-state index contributed by atoms with van der Waals surface area (Å²) in [4.78, 5) is 24.6. The number of rotatable bonds is 9. The number of aliphatic carboxylic acids is 1. The molecule has 0 bridgehead atoms. The van der Waals surface area contributed by atoms with E-state index in [-0.39, 0.29) is 24.9 Å². The first-order valence-electron chi connectivity index (χ1n) is 12.0. The van der Waals surface area contributed by atoms with Gasteiger partial charge >= 0.3 is 12.0 Å². The Morgan fingerprint density at radius 2 is 2.03 bits per heavy atom. The minimum absolute atomic E-state index is 0.00468. The maximum Gasteiger partial charge on any atom is 0.316 e. The van der Waals surface area contributed by atoms with Crippen LogP contribution in [0.2, 0.25) is 0 Å². The molecule has 2 unspecified atom stereocenters. The highest BCUT2D eigenvalue weighted by atomic mass is 16.5. The Morgan fingerprint density at radius 1 is 1.23 bits per heavy atom. The molecule has 4 rings (SSSR count). The van der Waals surface area contributed by atoms with Crippen molar-refractivity contribution in [1.82, 2.24) is 20.0 Å². The summed E-state index contributed by atoms with van der Waals surface area (Å²) >= 11 is 0. The number of hydrogen-bond donors (Lipinski definition) is 3. The summed E-state index contributed by atoms with van der Waals surface area (Å²) in [5.41, 5.74) is 10.9. The minimum Gasteiger partial charge on any atom is -0.481 e. The van der Waals surface area contributed by atoms with E-state index in [4.69, 9.17) is 31.1 Å². The Kier molecular flexibility index (Phi) is 7.82. The van der Waals surface area contributed by atoms with Gasteiger partial charge < -0.3 is 25.3 Å². The molecule has 2 aromatic heterocycles. The molecule has 10 nitrogen and oxygen atoms in total. The molecule has 1 aliphatic heterocycles. The van der Waals surface area contributed by atoms with E-state index in [1.165, 1.54) is 11.4 Å². The molecule has 2 fully saturated rings. The van der Waals surface area contributed by atoms with Gasteiger partial charge in [0.2, 0.25) is 0 Å². The van der Waals surface area contributed by atoms with Gasteiger partial charge in [-0.05, 0) is 49.8 Å². The van der Waals surface area contributed by atoms with Crippen LogP contribution in [0.4, 0.5) is 0 Å². The van der Waals surface area contributed by atoms with Crippen LogP contribution in [0, 0.1) is 12.8 Å². The van der Waals surface area contributed by atoms with Gasteiger partial charge in [-0.3, -0.25) is 9.78 Å². The number of carboxylic acids is 1. The van der Waals surface area contributed by atoms with Gasteiger partial charge in [0, 0.05) is 37.4 Å². The van der Waals surface area contributed by atoms with E-state index in [0.717, 1.165) is 36.2 Å². The third-order valence-electron chi connectivity index (χ3n) is 6.85.